The molecule has 30 heavy (non-hydrogen) atoms. The zero-order valence-corrected chi connectivity index (χ0v) is 18.8. The van der Waals surface area contributed by atoms with Crippen LogP contribution in [0.3, 0.4) is 0 Å². The summed E-state index contributed by atoms with van der Waals surface area (Å²) in [6.45, 7) is 5.36. The second-order valence-corrected chi connectivity index (χ2v) is 10.5. The molecule has 10 heteroatoms. The number of thiophene rings is 1. The van der Waals surface area contributed by atoms with Crippen LogP contribution >= 0.6 is 11.3 Å². The number of morpholine rings is 1. The largest absolute Gasteiger partial charge is 0.378 e. The smallest absolute Gasteiger partial charge is 0.264 e. The molecule has 1 saturated heterocycles. The van der Waals surface area contributed by atoms with Gasteiger partial charge in [0.2, 0.25) is 5.91 Å². The van der Waals surface area contributed by atoms with E-state index in [1.165, 1.54) is 19.2 Å². The summed E-state index contributed by atoms with van der Waals surface area (Å²) >= 11 is 0.912. The van der Waals surface area contributed by atoms with Crippen LogP contribution in [0.15, 0.2) is 34.5 Å². The Morgan fingerprint density at radius 3 is 2.57 bits per heavy atom. The van der Waals surface area contributed by atoms with Crippen LogP contribution in [0.2, 0.25) is 0 Å². The predicted octanol–water partition coefficient (Wildman–Crippen LogP) is 2.10. The Morgan fingerprint density at radius 1 is 1.17 bits per heavy atom. The normalized spacial score (nSPS) is 14.7. The summed E-state index contributed by atoms with van der Waals surface area (Å²) in [7, 11) is -2.54. The highest BCUT2D eigenvalue weighted by atomic mass is 32.2. The molecule has 0 bridgehead atoms. The quantitative estimate of drug-likeness (QED) is 0.726. The van der Waals surface area contributed by atoms with Crippen LogP contribution in [0.1, 0.15) is 20.8 Å². The summed E-state index contributed by atoms with van der Waals surface area (Å²) < 4.78 is 32.0. The highest BCUT2D eigenvalue weighted by Crippen LogP contribution is 2.26. The van der Waals surface area contributed by atoms with Gasteiger partial charge in [0.1, 0.15) is 4.21 Å². The Bertz CT molecular complexity index is 1040. The van der Waals surface area contributed by atoms with Gasteiger partial charge < -0.3 is 15.0 Å². The molecular weight excluding hydrogens is 426 g/mol. The lowest BCUT2D eigenvalue weighted by Gasteiger charge is -2.26. The minimum absolute atomic E-state index is 0.0288. The lowest BCUT2D eigenvalue weighted by Crippen LogP contribution is -2.40. The third kappa shape index (κ3) is 5.07. The molecule has 2 aromatic rings. The Labute approximate surface area is 180 Å². The van der Waals surface area contributed by atoms with Crippen molar-refractivity contribution in [1.82, 2.24) is 9.21 Å². The predicted molar refractivity (Wildman–Crippen MR) is 115 cm³/mol. The lowest BCUT2D eigenvalue weighted by atomic mass is 10.1. The number of carbonyl (C=O) groups is 2. The van der Waals surface area contributed by atoms with E-state index >= 15 is 0 Å². The molecule has 0 atom stereocenters. The Kier molecular flexibility index (Phi) is 6.91. The Morgan fingerprint density at radius 2 is 1.87 bits per heavy atom. The summed E-state index contributed by atoms with van der Waals surface area (Å²) in [5.74, 6) is -0.643. The van der Waals surface area contributed by atoms with Crippen molar-refractivity contribution in [3.63, 3.8) is 0 Å². The van der Waals surface area contributed by atoms with Crippen molar-refractivity contribution >= 4 is 38.9 Å². The summed E-state index contributed by atoms with van der Waals surface area (Å²) in [6.07, 6.45) is 0. The molecular formula is C20H25N3O5S2. The van der Waals surface area contributed by atoms with Gasteiger partial charge in [-0.3, -0.25) is 9.59 Å². The van der Waals surface area contributed by atoms with E-state index in [0.717, 1.165) is 26.8 Å². The van der Waals surface area contributed by atoms with Crippen molar-refractivity contribution in [2.75, 3.05) is 45.2 Å². The number of amides is 2. The molecule has 3 rings (SSSR count). The van der Waals surface area contributed by atoms with Gasteiger partial charge in [-0.25, -0.2) is 8.42 Å². The van der Waals surface area contributed by atoms with Crippen LogP contribution in [0, 0.1) is 13.8 Å². The zero-order chi connectivity index (χ0) is 21.9. The maximum absolute atomic E-state index is 12.9. The van der Waals surface area contributed by atoms with E-state index in [2.05, 4.69) is 5.32 Å². The van der Waals surface area contributed by atoms with Gasteiger partial charge in [-0.1, -0.05) is 12.1 Å². The summed E-state index contributed by atoms with van der Waals surface area (Å²) in [6, 6.07) is 8.59. The highest BCUT2D eigenvalue weighted by Gasteiger charge is 2.27. The van der Waals surface area contributed by atoms with Crippen LogP contribution in [0.25, 0.3) is 0 Å². The van der Waals surface area contributed by atoms with Gasteiger partial charge in [0.15, 0.2) is 0 Å². The van der Waals surface area contributed by atoms with Gasteiger partial charge in [-0.05, 0) is 43.2 Å². The molecule has 0 radical (unpaired) electrons. The molecule has 1 aliphatic heterocycles. The molecule has 2 heterocycles. The van der Waals surface area contributed by atoms with Gasteiger partial charge in [0, 0.05) is 25.8 Å². The van der Waals surface area contributed by atoms with E-state index in [4.69, 9.17) is 4.74 Å². The number of hydrogen-bond acceptors (Lipinski definition) is 6. The standard InChI is InChI=1S/C20H25N3O5S2/c1-14-4-5-15(2)16(12-14)21-18(24)13-22(3)30(26,27)19-7-6-17(29-19)20(25)23-8-10-28-11-9-23/h4-7,12H,8-11,13H2,1-3H3,(H,21,24). The monoisotopic (exact) mass is 451 g/mol. The van der Waals surface area contributed by atoms with Crippen molar-refractivity contribution < 1.29 is 22.7 Å². The van der Waals surface area contributed by atoms with Crippen LogP contribution in [-0.2, 0) is 19.6 Å². The molecule has 162 valence electrons. The van der Waals surface area contributed by atoms with Gasteiger partial charge >= 0.3 is 0 Å². The number of likely N-dealkylation sites (N-methyl/N-ethyl adjacent to an activating group) is 1. The fourth-order valence-electron chi connectivity index (χ4n) is 3.00. The van der Waals surface area contributed by atoms with E-state index in [-0.39, 0.29) is 16.7 Å². The minimum Gasteiger partial charge on any atom is -0.378 e. The number of carbonyl (C=O) groups excluding carboxylic acids is 2. The fourth-order valence-corrected chi connectivity index (χ4v) is 5.61. The molecule has 1 aromatic carbocycles. The first kappa shape index (κ1) is 22.4. The number of ether oxygens (including phenoxy) is 1. The maximum Gasteiger partial charge on any atom is 0.264 e. The van der Waals surface area contributed by atoms with Crippen molar-refractivity contribution in [3.05, 3.63) is 46.3 Å². The molecule has 1 aromatic heterocycles. The number of anilines is 1. The summed E-state index contributed by atoms with van der Waals surface area (Å²) in [5.41, 5.74) is 2.54. The highest BCUT2D eigenvalue weighted by molar-refractivity contribution is 7.91. The molecule has 8 nitrogen and oxygen atoms in total. The first-order valence-electron chi connectivity index (χ1n) is 9.49. The van der Waals surface area contributed by atoms with Crippen LogP contribution < -0.4 is 5.32 Å². The van der Waals surface area contributed by atoms with E-state index in [1.54, 1.807) is 4.90 Å². The number of hydrogen-bond donors (Lipinski definition) is 1. The van der Waals surface area contributed by atoms with Crippen molar-refractivity contribution in [1.29, 1.82) is 0 Å². The first-order chi connectivity index (χ1) is 14.2. The Balaban J connectivity index is 1.67. The topological polar surface area (TPSA) is 96.0 Å². The van der Waals surface area contributed by atoms with E-state index in [0.29, 0.717) is 36.9 Å². The van der Waals surface area contributed by atoms with Crippen molar-refractivity contribution in [3.8, 4) is 0 Å². The second-order valence-electron chi connectivity index (χ2n) is 7.15. The van der Waals surface area contributed by atoms with E-state index in [9.17, 15) is 18.0 Å². The van der Waals surface area contributed by atoms with Gasteiger partial charge in [0.05, 0.1) is 24.6 Å². The third-order valence-corrected chi connectivity index (χ3v) is 8.13. The van der Waals surface area contributed by atoms with Gasteiger partial charge in [0.25, 0.3) is 15.9 Å². The van der Waals surface area contributed by atoms with Crippen LogP contribution in [-0.4, -0.2) is 69.3 Å². The number of benzene rings is 1. The number of rotatable bonds is 6. The second kappa shape index (κ2) is 9.25. The molecule has 2 amide bonds. The number of nitrogens with zero attached hydrogens (tertiary/aromatic N) is 2. The molecule has 0 unspecified atom stereocenters. The molecule has 0 aliphatic carbocycles. The summed E-state index contributed by atoms with van der Waals surface area (Å²) in [4.78, 5) is 27.0. The van der Waals surface area contributed by atoms with E-state index < -0.39 is 15.9 Å². The lowest BCUT2D eigenvalue weighted by molar-refractivity contribution is -0.116. The van der Waals surface area contributed by atoms with Crippen molar-refractivity contribution in [2.45, 2.75) is 18.1 Å². The van der Waals surface area contributed by atoms with Crippen LogP contribution in [0.5, 0.6) is 0 Å². The van der Waals surface area contributed by atoms with Gasteiger partial charge in [-0.2, -0.15) is 4.31 Å². The fraction of sp³-hybridized carbons (Fsp3) is 0.400. The zero-order valence-electron chi connectivity index (χ0n) is 17.2. The Hall–Kier alpha value is -2.27. The SMILES string of the molecule is Cc1ccc(C)c(NC(=O)CN(C)S(=O)(=O)c2ccc(C(=O)N3CCOCC3)s2)c1. The molecule has 0 saturated carbocycles. The number of nitrogens with one attached hydrogen (secondary N) is 1. The third-order valence-electron chi connectivity index (χ3n) is 4.79. The minimum atomic E-state index is -3.89. The van der Waals surface area contributed by atoms with Crippen LogP contribution in [0.4, 0.5) is 5.69 Å². The average Bonchev–Trinajstić information content (AvgIpc) is 3.22. The average molecular weight is 452 g/mol. The van der Waals surface area contributed by atoms with E-state index in [1.807, 2.05) is 32.0 Å². The number of sulfonamides is 1. The first-order valence-corrected chi connectivity index (χ1v) is 11.7. The molecule has 1 fully saturated rings. The maximum atomic E-state index is 12.9. The molecule has 0 spiro atoms. The number of aryl methyl sites for hydroxylation is 2. The molecule has 1 N–H and O–H groups in total. The summed E-state index contributed by atoms with van der Waals surface area (Å²) in [5, 5.41) is 2.76. The molecule has 1 aliphatic rings. The van der Waals surface area contributed by atoms with Crippen molar-refractivity contribution in [2.24, 2.45) is 0 Å². The van der Waals surface area contributed by atoms with Gasteiger partial charge in [-0.15, -0.1) is 11.3 Å².